The monoisotopic (exact) mass is 367 g/mol. The van der Waals surface area contributed by atoms with Gasteiger partial charge in [-0.25, -0.2) is 4.52 Å². The lowest BCUT2D eigenvalue weighted by atomic mass is 9.96. The number of piperidine rings is 1. The number of carbonyl (C=O) groups excluding carboxylic acids is 1. The van der Waals surface area contributed by atoms with E-state index in [1.54, 1.807) is 10.7 Å². The third kappa shape index (κ3) is 3.32. The van der Waals surface area contributed by atoms with Crippen LogP contribution in [-0.2, 0) is 13.6 Å². The Morgan fingerprint density at radius 2 is 2.15 bits per heavy atom. The number of hydrogen-bond acceptors (Lipinski definition) is 5. The minimum Gasteiger partial charge on any atom is -0.338 e. The molecule has 8 nitrogen and oxygen atoms in total. The molecule has 1 aliphatic heterocycles. The van der Waals surface area contributed by atoms with E-state index in [1.807, 2.05) is 50.4 Å². The van der Waals surface area contributed by atoms with Crippen molar-refractivity contribution in [1.29, 1.82) is 0 Å². The highest BCUT2D eigenvalue weighted by atomic mass is 16.2. The highest BCUT2D eigenvalue weighted by Gasteiger charge is 2.30. The average Bonchev–Trinajstić information content (AvgIpc) is 3.25. The zero-order valence-corrected chi connectivity index (χ0v) is 16.0. The Bertz CT molecular complexity index is 958. The minimum atomic E-state index is 0.0385. The fraction of sp³-hybridized carbons (Fsp3) is 0.474. The number of fused-ring (bicyclic) bond motifs is 1. The first-order valence-corrected chi connectivity index (χ1v) is 9.29. The Hall–Kier alpha value is -2.74. The van der Waals surface area contributed by atoms with Crippen molar-refractivity contribution in [3.8, 4) is 0 Å². The molecule has 0 radical (unpaired) electrons. The Kier molecular flexibility index (Phi) is 4.65. The van der Waals surface area contributed by atoms with Gasteiger partial charge in [-0.15, -0.1) is 10.2 Å². The Balaban J connectivity index is 1.55. The van der Waals surface area contributed by atoms with Crippen molar-refractivity contribution in [3.05, 3.63) is 47.8 Å². The molecule has 142 valence electrons. The predicted molar refractivity (Wildman–Crippen MR) is 101 cm³/mol. The number of likely N-dealkylation sites (tertiary alicyclic amines) is 1. The molecule has 1 amide bonds. The van der Waals surface area contributed by atoms with Gasteiger partial charge in [0.15, 0.2) is 0 Å². The normalized spacial score (nSPS) is 17.8. The Labute approximate surface area is 158 Å². The number of amides is 1. The first-order chi connectivity index (χ1) is 13.0. The summed E-state index contributed by atoms with van der Waals surface area (Å²) in [4.78, 5) is 17.1. The third-order valence-electron chi connectivity index (χ3n) is 5.19. The van der Waals surface area contributed by atoms with Crippen LogP contribution in [0.15, 0.2) is 30.6 Å². The van der Waals surface area contributed by atoms with E-state index in [0.717, 1.165) is 43.1 Å². The Morgan fingerprint density at radius 3 is 2.96 bits per heavy atom. The van der Waals surface area contributed by atoms with Crippen molar-refractivity contribution in [2.45, 2.75) is 25.3 Å². The van der Waals surface area contributed by atoms with Gasteiger partial charge in [0.1, 0.15) is 11.6 Å². The maximum Gasteiger partial charge on any atom is 0.257 e. The number of pyridine rings is 1. The molecule has 0 N–H and O–H groups in total. The number of hydrogen-bond donors (Lipinski definition) is 0. The molecule has 8 heteroatoms. The van der Waals surface area contributed by atoms with Crippen LogP contribution in [-0.4, -0.2) is 67.3 Å². The second-order valence-electron chi connectivity index (χ2n) is 7.45. The second kappa shape index (κ2) is 7.11. The minimum absolute atomic E-state index is 0.0385. The summed E-state index contributed by atoms with van der Waals surface area (Å²) >= 11 is 0. The van der Waals surface area contributed by atoms with E-state index in [-0.39, 0.29) is 11.8 Å². The molecule has 0 unspecified atom stereocenters. The molecule has 4 heterocycles. The number of carbonyl (C=O) groups is 1. The van der Waals surface area contributed by atoms with Crippen molar-refractivity contribution in [2.24, 2.45) is 7.05 Å². The Morgan fingerprint density at radius 1 is 1.30 bits per heavy atom. The van der Waals surface area contributed by atoms with E-state index in [9.17, 15) is 4.79 Å². The van der Waals surface area contributed by atoms with Crippen molar-refractivity contribution < 1.29 is 4.79 Å². The van der Waals surface area contributed by atoms with Gasteiger partial charge in [-0.05, 0) is 39.1 Å². The van der Waals surface area contributed by atoms with Crippen LogP contribution in [0, 0.1) is 0 Å². The molecule has 1 fully saturated rings. The summed E-state index contributed by atoms with van der Waals surface area (Å²) < 4.78 is 3.82. The molecule has 3 aromatic heterocycles. The quantitative estimate of drug-likeness (QED) is 0.700. The van der Waals surface area contributed by atoms with E-state index in [4.69, 9.17) is 0 Å². The van der Waals surface area contributed by atoms with Gasteiger partial charge in [-0.3, -0.25) is 4.79 Å². The standard InChI is InChI=1S/C19H25N7O/c1-23(2)13-17-21-22-18(24(17)3)14-7-6-9-25(12-14)19(27)15-11-20-26-10-5-4-8-16(15)26/h4-5,8,10-11,14H,6-7,9,12-13H2,1-3H3/t14-/m0/s1. The van der Waals surface area contributed by atoms with E-state index >= 15 is 0 Å². The molecule has 0 aliphatic carbocycles. The van der Waals surface area contributed by atoms with Crippen molar-refractivity contribution >= 4 is 11.4 Å². The smallest absolute Gasteiger partial charge is 0.257 e. The second-order valence-corrected chi connectivity index (χ2v) is 7.45. The lowest BCUT2D eigenvalue weighted by Crippen LogP contribution is -2.39. The summed E-state index contributed by atoms with van der Waals surface area (Å²) in [5.74, 6) is 2.15. The zero-order valence-electron chi connectivity index (χ0n) is 16.0. The average molecular weight is 367 g/mol. The molecule has 0 spiro atoms. The largest absolute Gasteiger partial charge is 0.338 e. The van der Waals surface area contributed by atoms with Gasteiger partial charge in [0.05, 0.1) is 23.8 Å². The topological polar surface area (TPSA) is 71.6 Å². The highest BCUT2D eigenvalue weighted by molar-refractivity contribution is 6.00. The van der Waals surface area contributed by atoms with Crippen molar-refractivity contribution in [1.82, 2.24) is 34.2 Å². The van der Waals surface area contributed by atoms with Crippen LogP contribution in [0.25, 0.3) is 5.52 Å². The third-order valence-corrected chi connectivity index (χ3v) is 5.19. The van der Waals surface area contributed by atoms with Crippen LogP contribution in [0.1, 0.15) is 40.8 Å². The molecule has 3 aromatic rings. The maximum atomic E-state index is 13.1. The van der Waals surface area contributed by atoms with Crippen LogP contribution in [0.3, 0.4) is 0 Å². The highest BCUT2D eigenvalue weighted by Crippen LogP contribution is 2.27. The SMILES string of the molecule is CN(C)Cc1nnc([C@H]2CCCN(C(=O)c3cnn4ccccc34)C2)n1C. The van der Waals surface area contributed by atoms with Gasteiger partial charge in [0.2, 0.25) is 0 Å². The first-order valence-electron chi connectivity index (χ1n) is 9.29. The first kappa shape index (κ1) is 17.7. The van der Waals surface area contributed by atoms with E-state index in [0.29, 0.717) is 12.1 Å². The molecule has 1 atom stereocenters. The van der Waals surface area contributed by atoms with E-state index in [2.05, 4.69) is 24.8 Å². The van der Waals surface area contributed by atoms with Gasteiger partial charge in [-0.1, -0.05) is 6.07 Å². The summed E-state index contributed by atoms with van der Waals surface area (Å²) in [5.41, 5.74) is 1.50. The lowest BCUT2D eigenvalue weighted by molar-refractivity contribution is 0.0705. The zero-order chi connectivity index (χ0) is 19.0. The van der Waals surface area contributed by atoms with Crippen LogP contribution < -0.4 is 0 Å². The van der Waals surface area contributed by atoms with Crippen LogP contribution in [0.5, 0.6) is 0 Å². The molecule has 27 heavy (non-hydrogen) atoms. The van der Waals surface area contributed by atoms with Gasteiger partial charge < -0.3 is 14.4 Å². The molecule has 0 saturated carbocycles. The van der Waals surface area contributed by atoms with Crippen molar-refractivity contribution in [3.63, 3.8) is 0 Å². The van der Waals surface area contributed by atoms with Crippen LogP contribution in [0.4, 0.5) is 0 Å². The summed E-state index contributed by atoms with van der Waals surface area (Å²) in [6.45, 7) is 2.18. The fourth-order valence-corrected chi connectivity index (χ4v) is 3.79. The number of nitrogens with zero attached hydrogens (tertiary/aromatic N) is 7. The summed E-state index contributed by atoms with van der Waals surface area (Å²) in [6, 6.07) is 5.76. The molecule has 0 bridgehead atoms. The van der Waals surface area contributed by atoms with Gasteiger partial charge >= 0.3 is 0 Å². The molecule has 0 aromatic carbocycles. The predicted octanol–water partition coefficient (Wildman–Crippen LogP) is 1.54. The molecule has 1 saturated heterocycles. The number of aromatic nitrogens is 5. The molecule has 4 rings (SSSR count). The van der Waals surface area contributed by atoms with Crippen molar-refractivity contribution in [2.75, 3.05) is 27.2 Å². The summed E-state index contributed by atoms with van der Waals surface area (Å²) in [7, 11) is 6.05. The van der Waals surface area contributed by atoms with Gasteiger partial charge in [0.25, 0.3) is 5.91 Å². The van der Waals surface area contributed by atoms with Gasteiger partial charge in [0, 0.05) is 32.3 Å². The maximum absolute atomic E-state index is 13.1. The fourth-order valence-electron chi connectivity index (χ4n) is 3.79. The summed E-state index contributed by atoms with van der Waals surface area (Å²) in [6.07, 6.45) is 5.51. The lowest BCUT2D eigenvalue weighted by Gasteiger charge is -2.32. The van der Waals surface area contributed by atoms with Gasteiger partial charge in [-0.2, -0.15) is 5.10 Å². The van der Waals surface area contributed by atoms with E-state index in [1.165, 1.54) is 0 Å². The number of rotatable bonds is 4. The van der Waals surface area contributed by atoms with Crippen LogP contribution >= 0.6 is 0 Å². The molecule has 1 aliphatic rings. The molecular formula is C19H25N7O. The van der Waals surface area contributed by atoms with E-state index < -0.39 is 0 Å². The molecular weight excluding hydrogens is 342 g/mol. The summed E-state index contributed by atoms with van der Waals surface area (Å²) in [5, 5.41) is 13.1. The van der Waals surface area contributed by atoms with Crippen LogP contribution in [0.2, 0.25) is 0 Å².